The molecule has 8 heteroatoms. The van der Waals surface area contributed by atoms with Crippen LogP contribution in [0.1, 0.15) is 25.8 Å². The number of ketones is 1. The van der Waals surface area contributed by atoms with Crippen LogP contribution in [0.4, 0.5) is 5.69 Å². The van der Waals surface area contributed by atoms with Gasteiger partial charge < -0.3 is 9.64 Å². The van der Waals surface area contributed by atoms with Crippen LogP contribution in [-0.4, -0.2) is 39.6 Å². The molecule has 2 saturated heterocycles. The lowest BCUT2D eigenvalue weighted by Gasteiger charge is -2.44. The molecule has 0 saturated carbocycles. The maximum Gasteiger partial charge on any atom is 0.337 e. The Hall–Kier alpha value is -2.77. The van der Waals surface area contributed by atoms with E-state index < -0.39 is 16.9 Å². The normalized spacial score (nSPS) is 27.7. The number of benzene rings is 1. The van der Waals surface area contributed by atoms with Crippen molar-refractivity contribution in [3.05, 3.63) is 39.9 Å². The Kier molecular flexibility index (Phi) is 4.28. The number of ether oxygens (including phenoxy) is 1. The third kappa shape index (κ3) is 2.67. The predicted molar refractivity (Wildman–Crippen MR) is 85.3 cm³/mol. The smallest absolute Gasteiger partial charge is 0.337 e. The molecule has 1 aromatic rings. The summed E-state index contributed by atoms with van der Waals surface area (Å²) < 4.78 is 5.18. The number of carbonyl (C=O) groups is 3. The van der Waals surface area contributed by atoms with Crippen LogP contribution >= 0.6 is 0 Å². The molecule has 8 nitrogen and oxygen atoms in total. The Balaban J connectivity index is 1.66. The van der Waals surface area contributed by atoms with E-state index in [1.807, 2.05) is 6.92 Å². The van der Waals surface area contributed by atoms with E-state index in [9.17, 15) is 24.5 Å². The maximum atomic E-state index is 12.4. The standard InChI is InChI=1S/C17H18N2O6/c1-3-12-13-9(2)15(20)14(18(13)16(12)21)17(22)25-8-10-4-6-11(7-5-10)19(23)24/h4-7,9,12-14H,3,8H2,1-2H3/t9-,12-,13-,14?/m1/s1. The number of fused-ring (bicyclic) bond motifs is 1. The molecule has 0 aromatic heterocycles. The van der Waals surface area contributed by atoms with E-state index in [1.165, 1.54) is 29.2 Å². The van der Waals surface area contributed by atoms with Gasteiger partial charge in [-0.2, -0.15) is 0 Å². The van der Waals surface area contributed by atoms with Gasteiger partial charge in [0.05, 0.1) is 16.9 Å². The van der Waals surface area contributed by atoms with Gasteiger partial charge in [0.2, 0.25) is 5.91 Å². The third-order valence-electron chi connectivity index (χ3n) is 5.01. The molecule has 2 aliphatic rings. The van der Waals surface area contributed by atoms with E-state index in [2.05, 4.69) is 0 Å². The number of non-ortho nitro benzene ring substituents is 1. The first-order chi connectivity index (χ1) is 11.9. The average Bonchev–Trinajstić information content (AvgIpc) is 2.82. The Morgan fingerprint density at radius 2 is 1.92 bits per heavy atom. The molecule has 1 unspecified atom stereocenters. The lowest BCUT2D eigenvalue weighted by Crippen LogP contribution is -2.62. The Bertz CT molecular complexity index is 744. The van der Waals surface area contributed by atoms with Gasteiger partial charge in [-0.1, -0.05) is 13.8 Å². The summed E-state index contributed by atoms with van der Waals surface area (Å²) in [5.74, 6) is -1.79. The minimum atomic E-state index is -1.17. The summed E-state index contributed by atoms with van der Waals surface area (Å²) in [5, 5.41) is 10.6. The SMILES string of the molecule is CC[C@H]1C(=O)N2C(C(=O)OCc3ccc([N+](=O)[O-])cc3)C(=O)[C@H](C)[C@H]12. The van der Waals surface area contributed by atoms with Gasteiger partial charge in [0, 0.05) is 18.1 Å². The van der Waals surface area contributed by atoms with Crippen LogP contribution < -0.4 is 0 Å². The van der Waals surface area contributed by atoms with Crippen molar-refractivity contribution in [2.24, 2.45) is 11.8 Å². The van der Waals surface area contributed by atoms with Crippen LogP contribution in [0.5, 0.6) is 0 Å². The first kappa shape index (κ1) is 17.1. The summed E-state index contributed by atoms with van der Waals surface area (Å²) in [5.41, 5.74) is 0.505. The monoisotopic (exact) mass is 346 g/mol. The highest BCUT2D eigenvalue weighted by molar-refractivity contribution is 6.12. The van der Waals surface area contributed by atoms with Gasteiger partial charge in [-0.15, -0.1) is 0 Å². The zero-order valence-electron chi connectivity index (χ0n) is 13.9. The number of nitrogens with zero attached hydrogens (tertiary/aromatic N) is 2. The Morgan fingerprint density at radius 1 is 1.28 bits per heavy atom. The number of esters is 1. The number of hydrogen-bond acceptors (Lipinski definition) is 6. The summed E-state index contributed by atoms with van der Waals surface area (Å²) >= 11 is 0. The largest absolute Gasteiger partial charge is 0.459 e. The predicted octanol–water partition coefficient (Wildman–Crippen LogP) is 1.46. The number of Topliss-reactive ketones (excluding diaryl/α,β-unsaturated/α-hetero) is 1. The molecule has 0 spiro atoms. The highest BCUT2D eigenvalue weighted by Gasteiger charge is 2.62. The molecule has 3 rings (SSSR count). The molecule has 0 aliphatic carbocycles. The first-order valence-electron chi connectivity index (χ1n) is 8.12. The van der Waals surface area contributed by atoms with Crippen molar-refractivity contribution in [3.8, 4) is 0 Å². The molecular formula is C17H18N2O6. The number of hydrogen-bond donors (Lipinski definition) is 0. The molecule has 25 heavy (non-hydrogen) atoms. The van der Waals surface area contributed by atoms with E-state index in [0.29, 0.717) is 12.0 Å². The van der Waals surface area contributed by atoms with Crippen molar-refractivity contribution in [2.75, 3.05) is 0 Å². The second-order valence-corrected chi connectivity index (χ2v) is 6.38. The van der Waals surface area contributed by atoms with E-state index in [-0.39, 0.29) is 41.9 Å². The second-order valence-electron chi connectivity index (χ2n) is 6.38. The molecular weight excluding hydrogens is 328 g/mol. The summed E-state index contributed by atoms with van der Waals surface area (Å²) in [6.07, 6.45) is 0.641. The van der Waals surface area contributed by atoms with Crippen LogP contribution in [0.2, 0.25) is 0 Å². The lowest BCUT2D eigenvalue weighted by molar-refractivity contribution is -0.384. The van der Waals surface area contributed by atoms with Crippen molar-refractivity contribution >= 4 is 23.3 Å². The van der Waals surface area contributed by atoms with Gasteiger partial charge in [-0.25, -0.2) is 4.79 Å². The van der Waals surface area contributed by atoms with Crippen LogP contribution in [-0.2, 0) is 25.7 Å². The van der Waals surface area contributed by atoms with Crippen molar-refractivity contribution in [3.63, 3.8) is 0 Å². The molecule has 132 valence electrons. The fourth-order valence-corrected chi connectivity index (χ4v) is 3.63. The van der Waals surface area contributed by atoms with Gasteiger partial charge in [0.25, 0.3) is 5.69 Å². The van der Waals surface area contributed by atoms with E-state index in [0.717, 1.165) is 0 Å². The van der Waals surface area contributed by atoms with Crippen LogP contribution in [0.25, 0.3) is 0 Å². The van der Waals surface area contributed by atoms with Crippen molar-refractivity contribution in [1.82, 2.24) is 4.90 Å². The van der Waals surface area contributed by atoms with Crippen molar-refractivity contribution in [2.45, 2.75) is 39.0 Å². The summed E-state index contributed by atoms with van der Waals surface area (Å²) in [4.78, 5) is 48.3. The molecule has 0 N–H and O–H groups in total. The second kappa shape index (κ2) is 6.27. The van der Waals surface area contributed by atoms with Crippen LogP contribution in [0, 0.1) is 22.0 Å². The Morgan fingerprint density at radius 3 is 2.48 bits per heavy atom. The van der Waals surface area contributed by atoms with Crippen molar-refractivity contribution in [1.29, 1.82) is 0 Å². The number of nitro groups is 1. The molecule has 2 heterocycles. The maximum absolute atomic E-state index is 12.4. The molecule has 2 aliphatic heterocycles. The zero-order valence-corrected chi connectivity index (χ0v) is 13.9. The van der Waals surface area contributed by atoms with Gasteiger partial charge in [0.15, 0.2) is 11.8 Å². The minimum Gasteiger partial charge on any atom is -0.459 e. The quantitative estimate of drug-likeness (QED) is 0.263. The summed E-state index contributed by atoms with van der Waals surface area (Å²) in [6.45, 7) is 3.51. The minimum absolute atomic E-state index is 0.0607. The highest BCUT2D eigenvalue weighted by Crippen LogP contribution is 2.43. The molecule has 0 radical (unpaired) electrons. The number of carbonyl (C=O) groups excluding carboxylic acids is 3. The summed E-state index contributed by atoms with van der Waals surface area (Å²) in [6, 6.07) is 4.19. The van der Waals surface area contributed by atoms with Gasteiger partial charge in [-0.05, 0) is 24.1 Å². The molecule has 0 bridgehead atoms. The van der Waals surface area contributed by atoms with E-state index in [4.69, 9.17) is 4.74 Å². The highest BCUT2D eigenvalue weighted by atomic mass is 16.6. The lowest BCUT2D eigenvalue weighted by atomic mass is 9.81. The Labute approximate surface area is 143 Å². The van der Waals surface area contributed by atoms with Crippen LogP contribution in [0.15, 0.2) is 24.3 Å². The zero-order chi connectivity index (χ0) is 18.3. The average molecular weight is 346 g/mol. The van der Waals surface area contributed by atoms with Gasteiger partial charge in [-0.3, -0.25) is 19.7 Å². The number of rotatable bonds is 5. The number of β-lactam (4-membered cyclic amide) rings is 1. The number of amides is 1. The molecule has 1 aromatic carbocycles. The van der Waals surface area contributed by atoms with E-state index >= 15 is 0 Å². The summed E-state index contributed by atoms with van der Waals surface area (Å²) in [7, 11) is 0. The van der Waals surface area contributed by atoms with Crippen LogP contribution in [0.3, 0.4) is 0 Å². The molecule has 2 fully saturated rings. The topological polar surface area (TPSA) is 107 Å². The fourth-order valence-electron chi connectivity index (χ4n) is 3.63. The molecule has 1 amide bonds. The number of nitro benzene ring substituents is 1. The van der Waals surface area contributed by atoms with Crippen molar-refractivity contribution < 1.29 is 24.0 Å². The fraction of sp³-hybridized carbons (Fsp3) is 0.471. The molecule has 4 atom stereocenters. The first-order valence-corrected chi connectivity index (χ1v) is 8.12. The third-order valence-corrected chi connectivity index (χ3v) is 5.01. The van der Waals surface area contributed by atoms with Gasteiger partial charge >= 0.3 is 5.97 Å². The van der Waals surface area contributed by atoms with E-state index in [1.54, 1.807) is 6.92 Å². The van der Waals surface area contributed by atoms with Gasteiger partial charge in [0.1, 0.15) is 6.61 Å².